The lowest BCUT2D eigenvalue weighted by Crippen LogP contribution is -2.48. The highest BCUT2D eigenvalue weighted by atomic mass is 19.4. The monoisotopic (exact) mass is 621 g/mol. The number of benzene rings is 3. The Kier molecular flexibility index (Phi) is 9.92. The van der Waals surface area contributed by atoms with Crippen molar-refractivity contribution in [1.29, 1.82) is 0 Å². The van der Waals surface area contributed by atoms with Crippen LogP contribution in [0.1, 0.15) is 81.7 Å². The predicted octanol–water partition coefficient (Wildman–Crippen LogP) is 5.76. The fourth-order valence-electron chi connectivity index (χ4n) is 6.50. The summed E-state index contributed by atoms with van der Waals surface area (Å²) in [5.41, 5.74) is 2.92. The summed E-state index contributed by atoms with van der Waals surface area (Å²) in [5.74, 6) is -0.999. The average molecular weight is 622 g/mol. The van der Waals surface area contributed by atoms with Crippen LogP contribution in [0.3, 0.4) is 0 Å². The number of ether oxygens (including phenoxy) is 1. The van der Waals surface area contributed by atoms with Crippen molar-refractivity contribution in [3.8, 4) is 0 Å². The second kappa shape index (κ2) is 13.9. The number of nitrogens with one attached hydrogen (secondary N) is 2. The van der Waals surface area contributed by atoms with E-state index in [4.69, 9.17) is 4.74 Å². The lowest BCUT2D eigenvalue weighted by molar-refractivity contribution is -0.138. The van der Waals surface area contributed by atoms with Crippen molar-refractivity contribution in [3.63, 3.8) is 0 Å². The van der Waals surface area contributed by atoms with Gasteiger partial charge in [0.05, 0.1) is 30.0 Å². The van der Waals surface area contributed by atoms with Gasteiger partial charge in [0.2, 0.25) is 11.8 Å². The summed E-state index contributed by atoms with van der Waals surface area (Å²) in [5, 5.41) is 5.20. The van der Waals surface area contributed by atoms with E-state index in [-0.39, 0.29) is 35.8 Å². The number of rotatable bonds is 8. The first-order chi connectivity index (χ1) is 21.6. The minimum absolute atomic E-state index is 0.00491. The molecule has 0 bridgehead atoms. The molecule has 45 heavy (non-hydrogen) atoms. The fraction of sp³-hybridized carbons (Fsp3) is 0.400. The van der Waals surface area contributed by atoms with E-state index in [1.807, 2.05) is 29.2 Å². The number of amides is 3. The summed E-state index contributed by atoms with van der Waals surface area (Å²) in [6, 6.07) is 18.8. The van der Waals surface area contributed by atoms with Crippen molar-refractivity contribution in [3.05, 3.63) is 106 Å². The number of carbonyl (C=O) groups excluding carboxylic acids is 3. The molecule has 0 radical (unpaired) electrons. The number of piperidine rings is 1. The molecular weight excluding hydrogens is 583 g/mol. The van der Waals surface area contributed by atoms with Gasteiger partial charge in [0.25, 0.3) is 5.91 Å². The Morgan fingerprint density at radius 3 is 2.47 bits per heavy atom. The van der Waals surface area contributed by atoms with Crippen molar-refractivity contribution in [2.24, 2.45) is 0 Å². The quantitative estimate of drug-likeness (QED) is 0.335. The Hall–Kier alpha value is -4.18. The van der Waals surface area contributed by atoms with E-state index in [2.05, 4.69) is 22.8 Å². The topological polar surface area (TPSA) is 87.7 Å². The highest BCUT2D eigenvalue weighted by molar-refractivity contribution is 5.95. The molecule has 238 valence electrons. The summed E-state index contributed by atoms with van der Waals surface area (Å²) < 4.78 is 45.8. The molecule has 0 aromatic heterocycles. The number of aryl methyl sites for hydroxylation is 1. The summed E-state index contributed by atoms with van der Waals surface area (Å²) in [7, 11) is 3.08. The van der Waals surface area contributed by atoms with Gasteiger partial charge in [0, 0.05) is 38.7 Å². The van der Waals surface area contributed by atoms with Crippen LogP contribution in [0.25, 0.3) is 0 Å². The summed E-state index contributed by atoms with van der Waals surface area (Å²) in [6.45, 7) is 1.06. The van der Waals surface area contributed by atoms with Crippen LogP contribution in [0.5, 0.6) is 0 Å². The van der Waals surface area contributed by atoms with Crippen LogP contribution in [0.4, 0.5) is 13.2 Å². The van der Waals surface area contributed by atoms with E-state index in [1.165, 1.54) is 24.7 Å². The number of fused-ring (bicyclic) bond motifs is 1. The van der Waals surface area contributed by atoms with Gasteiger partial charge in [0.1, 0.15) is 0 Å². The summed E-state index contributed by atoms with van der Waals surface area (Å²) in [4.78, 5) is 41.2. The molecule has 3 unspecified atom stereocenters. The Balaban J connectivity index is 1.31. The molecule has 3 amide bonds. The van der Waals surface area contributed by atoms with Gasteiger partial charge in [-0.15, -0.1) is 0 Å². The molecule has 2 aliphatic rings. The van der Waals surface area contributed by atoms with Gasteiger partial charge in [-0.05, 0) is 72.2 Å². The number of hydrogen-bond acceptors (Lipinski definition) is 4. The van der Waals surface area contributed by atoms with Gasteiger partial charge < -0.3 is 20.3 Å². The lowest BCUT2D eigenvalue weighted by atomic mass is 9.81. The predicted molar refractivity (Wildman–Crippen MR) is 164 cm³/mol. The van der Waals surface area contributed by atoms with Gasteiger partial charge in [-0.2, -0.15) is 13.2 Å². The molecule has 5 rings (SSSR count). The van der Waals surface area contributed by atoms with Crippen molar-refractivity contribution < 1.29 is 32.3 Å². The van der Waals surface area contributed by atoms with Crippen LogP contribution >= 0.6 is 0 Å². The number of alkyl halides is 3. The second-order valence-corrected chi connectivity index (χ2v) is 11.8. The third-order valence-corrected chi connectivity index (χ3v) is 8.96. The zero-order chi connectivity index (χ0) is 32.1. The van der Waals surface area contributed by atoms with E-state index in [9.17, 15) is 27.6 Å². The first kappa shape index (κ1) is 32.2. The average Bonchev–Trinajstić information content (AvgIpc) is 3.06. The standard InChI is InChI=1S/C35H38F3N3O4/c1-39-32(42)19-31(25-9-5-10-27(17-25)35(36,37)38)40-33(43)24-15-13-22(14-16-24)26-18-28(45-2)21-41(20-26)34(44)30-12-6-8-23-7-3-4-11-29(23)30/h3-5,7,9-11,13-17,26,28,30-31H,6,8,12,18-21H2,1-2H3,(H,39,42)(H,40,43)/t26?,28?,30-,31?/m1/s1. The number of carbonyl (C=O) groups is 3. The molecule has 3 aromatic rings. The van der Waals surface area contributed by atoms with Gasteiger partial charge in [-0.1, -0.05) is 48.5 Å². The first-order valence-corrected chi connectivity index (χ1v) is 15.2. The number of hydrogen-bond donors (Lipinski definition) is 2. The van der Waals surface area contributed by atoms with Crippen LogP contribution in [-0.4, -0.2) is 56.0 Å². The Bertz CT molecular complexity index is 1530. The fourth-order valence-corrected chi connectivity index (χ4v) is 6.50. The van der Waals surface area contributed by atoms with E-state index >= 15 is 0 Å². The van der Waals surface area contributed by atoms with Gasteiger partial charge in [-0.3, -0.25) is 14.4 Å². The zero-order valence-corrected chi connectivity index (χ0v) is 25.4. The van der Waals surface area contributed by atoms with E-state index in [1.54, 1.807) is 19.2 Å². The van der Waals surface area contributed by atoms with Crippen LogP contribution < -0.4 is 10.6 Å². The summed E-state index contributed by atoms with van der Waals surface area (Å²) in [6.07, 6.45) is -1.42. The Labute approximate surface area is 261 Å². The molecule has 4 atom stereocenters. The van der Waals surface area contributed by atoms with Crippen molar-refractivity contribution in [1.82, 2.24) is 15.5 Å². The normalized spacial score (nSPS) is 20.6. The molecule has 2 N–H and O–H groups in total. The van der Waals surface area contributed by atoms with Crippen molar-refractivity contribution in [2.75, 3.05) is 27.2 Å². The number of nitrogens with zero attached hydrogens (tertiary/aromatic N) is 1. The molecule has 10 heteroatoms. The maximum absolute atomic E-state index is 13.8. The third-order valence-electron chi connectivity index (χ3n) is 8.96. The van der Waals surface area contributed by atoms with Crippen LogP contribution in [-0.2, 0) is 26.9 Å². The third kappa shape index (κ3) is 7.56. The van der Waals surface area contributed by atoms with Gasteiger partial charge in [0.15, 0.2) is 0 Å². The number of methoxy groups -OCH3 is 1. The smallest absolute Gasteiger partial charge is 0.380 e. The van der Waals surface area contributed by atoms with Crippen molar-refractivity contribution in [2.45, 2.75) is 62.3 Å². The molecule has 0 spiro atoms. The lowest BCUT2D eigenvalue weighted by Gasteiger charge is -2.40. The number of likely N-dealkylation sites (tertiary alicyclic amines) is 1. The highest BCUT2D eigenvalue weighted by Gasteiger charge is 2.36. The van der Waals surface area contributed by atoms with Gasteiger partial charge >= 0.3 is 6.18 Å². The molecule has 3 aromatic carbocycles. The largest absolute Gasteiger partial charge is 0.416 e. The van der Waals surface area contributed by atoms with E-state index in [0.717, 1.165) is 48.9 Å². The minimum Gasteiger partial charge on any atom is -0.380 e. The molecule has 1 saturated heterocycles. The molecule has 1 fully saturated rings. The van der Waals surface area contributed by atoms with Crippen LogP contribution in [0.15, 0.2) is 72.8 Å². The van der Waals surface area contributed by atoms with Crippen LogP contribution in [0, 0.1) is 0 Å². The molecule has 1 aliphatic carbocycles. The Morgan fingerprint density at radius 2 is 1.76 bits per heavy atom. The summed E-state index contributed by atoms with van der Waals surface area (Å²) >= 11 is 0. The number of halogens is 3. The molecule has 7 nitrogen and oxygen atoms in total. The second-order valence-electron chi connectivity index (χ2n) is 11.8. The van der Waals surface area contributed by atoms with Crippen LogP contribution in [0.2, 0.25) is 0 Å². The van der Waals surface area contributed by atoms with E-state index < -0.39 is 29.6 Å². The minimum atomic E-state index is -4.56. The van der Waals surface area contributed by atoms with Gasteiger partial charge in [-0.25, -0.2) is 0 Å². The molecular formula is C35H38F3N3O4. The van der Waals surface area contributed by atoms with Crippen molar-refractivity contribution >= 4 is 17.7 Å². The maximum Gasteiger partial charge on any atom is 0.416 e. The molecule has 0 saturated carbocycles. The van der Waals surface area contributed by atoms with E-state index in [0.29, 0.717) is 18.7 Å². The zero-order valence-electron chi connectivity index (χ0n) is 25.4. The Morgan fingerprint density at radius 1 is 1.00 bits per heavy atom. The SMILES string of the molecule is CNC(=O)CC(NC(=O)c1ccc(C2CC(OC)CN(C(=O)[C@@H]3CCCc4ccccc43)C2)cc1)c1cccc(C(F)(F)F)c1. The highest BCUT2D eigenvalue weighted by Crippen LogP contribution is 2.36. The first-order valence-electron chi connectivity index (χ1n) is 15.2. The molecule has 1 heterocycles. The molecule has 1 aliphatic heterocycles. The maximum atomic E-state index is 13.8.